The van der Waals surface area contributed by atoms with E-state index in [2.05, 4.69) is 0 Å². The number of halogens is 3. The third kappa shape index (κ3) is 5.18. The van der Waals surface area contributed by atoms with Gasteiger partial charge >= 0.3 is 6.18 Å². The number of hydrogen-bond donors (Lipinski definition) is 0. The van der Waals surface area contributed by atoms with Crippen molar-refractivity contribution in [3.8, 4) is 23.0 Å². The quantitative estimate of drug-likeness (QED) is 0.229. The molecule has 0 fully saturated rings. The SMILES string of the molecule is COc1cccc(Oc2c(C(F)(F)F)oc3cc(OCc4ccc([N+](=O)[O-])cc4)ccc3c2=O)c1. The van der Waals surface area contributed by atoms with Gasteiger partial charge in [-0.2, -0.15) is 13.2 Å². The molecule has 0 atom stereocenters. The Morgan fingerprint density at radius 2 is 1.69 bits per heavy atom. The number of nitro benzene ring substituents is 1. The van der Waals surface area contributed by atoms with Crippen LogP contribution in [0.25, 0.3) is 11.0 Å². The summed E-state index contributed by atoms with van der Waals surface area (Å²) in [6.45, 7) is -0.0170. The summed E-state index contributed by atoms with van der Waals surface area (Å²) in [5.74, 6) is -2.17. The van der Waals surface area contributed by atoms with E-state index in [-0.39, 0.29) is 34.8 Å². The molecule has 0 aliphatic carbocycles. The van der Waals surface area contributed by atoms with Crippen molar-refractivity contribution in [1.29, 1.82) is 0 Å². The largest absolute Gasteiger partial charge is 0.497 e. The lowest BCUT2D eigenvalue weighted by molar-refractivity contribution is -0.384. The molecule has 8 nitrogen and oxygen atoms in total. The normalized spacial score (nSPS) is 11.3. The van der Waals surface area contributed by atoms with Gasteiger partial charge in [0.1, 0.15) is 29.4 Å². The highest BCUT2D eigenvalue weighted by atomic mass is 19.4. The molecule has 1 aromatic heterocycles. The molecule has 4 rings (SSSR count). The van der Waals surface area contributed by atoms with Gasteiger partial charge < -0.3 is 18.6 Å². The van der Waals surface area contributed by atoms with E-state index < -0.39 is 28.0 Å². The lowest BCUT2D eigenvalue weighted by Crippen LogP contribution is -2.15. The second-order valence-corrected chi connectivity index (χ2v) is 7.24. The van der Waals surface area contributed by atoms with Crippen molar-refractivity contribution in [2.24, 2.45) is 0 Å². The van der Waals surface area contributed by atoms with Crippen LogP contribution in [0.15, 0.2) is 75.9 Å². The minimum absolute atomic E-state index is 0.0170. The lowest BCUT2D eigenvalue weighted by Gasteiger charge is -2.14. The predicted molar refractivity (Wildman–Crippen MR) is 118 cm³/mol. The van der Waals surface area contributed by atoms with Crippen LogP contribution in [0, 0.1) is 10.1 Å². The summed E-state index contributed by atoms with van der Waals surface area (Å²) < 4.78 is 62.2. The monoisotopic (exact) mass is 487 g/mol. The summed E-state index contributed by atoms with van der Waals surface area (Å²) in [4.78, 5) is 23.1. The fraction of sp³-hybridized carbons (Fsp3) is 0.125. The highest BCUT2D eigenvalue weighted by Crippen LogP contribution is 2.39. The van der Waals surface area contributed by atoms with Gasteiger partial charge in [0.25, 0.3) is 11.4 Å². The maximum absolute atomic E-state index is 13.7. The minimum Gasteiger partial charge on any atom is -0.497 e. The number of benzene rings is 3. The van der Waals surface area contributed by atoms with Gasteiger partial charge in [0.2, 0.25) is 11.2 Å². The van der Waals surface area contributed by atoms with Gasteiger partial charge in [0, 0.05) is 24.3 Å². The topological polar surface area (TPSA) is 101 Å². The van der Waals surface area contributed by atoms with Crippen molar-refractivity contribution in [3.05, 3.63) is 98.4 Å². The molecule has 4 aromatic rings. The standard InChI is InChI=1S/C24H16F3NO7/c1-32-16-3-2-4-18(11-16)34-22-21(29)19-10-9-17(12-20(19)35-23(22)24(25,26)27)33-13-14-5-7-15(8-6-14)28(30)31/h2-12H,13H2,1H3. The molecule has 1 heterocycles. The first-order valence-electron chi connectivity index (χ1n) is 10.0. The Kier molecular flexibility index (Phi) is 6.32. The van der Waals surface area contributed by atoms with Gasteiger partial charge in [-0.1, -0.05) is 6.07 Å². The third-order valence-electron chi connectivity index (χ3n) is 4.89. The highest BCUT2D eigenvalue weighted by Gasteiger charge is 2.40. The molecule has 0 N–H and O–H groups in total. The minimum atomic E-state index is -5.02. The molecule has 0 aliphatic heterocycles. The van der Waals surface area contributed by atoms with Gasteiger partial charge in [-0.3, -0.25) is 14.9 Å². The molecule has 0 saturated carbocycles. The van der Waals surface area contributed by atoms with Crippen molar-refractivity contribution < 1.29 is 36.7 Å². The molecule has 0 amide bonds. The number of nitro groups is 1. The molecular weight excluding hydrogens is 471 g/mol. The average molecular weight is 487 g/mol. The summed E-state index contributed by atoms with van der Waals surface area (Å²) in [6.07, 6.45) is -5.02. The zero-order chi connectivity index (χ0) is 25.2. The Morgan fingerprint density at radius 3 is 2.34 bits per heavy atom. The Balaban J connectivity index is 1.67. The molecule has 0 bridgehead atoms. The number of rotatable bonds is 7. The second-order valence-electron chi connectivity index (χ2n) is 7.24. The summed E-state index contributed by atoms with van der Waals surface area (Å²) in [5.41, 5.74) is -0.854. The summed E-state index contributed by atoms with van der Waals surface area (Å²) in [5, 5.41) is 10.6. The van der Waals surface area contributed by atoms with E-state index in [9.17, 15) is 28.1 Å². The number of hydrogen-bond acceptors (Lipinski definition) is 7. The highest BCUT2D eigenvalue weighted by molar-refractivity contribution is 5.79. The fourth-order valence-electron chi connectivity index (χ4n) is 3.19. The van der Waals surface area contributed by atoms with E-state index in [1.807, 2.05) is 0 Å². The molecule has 0 radical (unpaired) electrons. The first-order valence-corrected chi connectivity index (χ1v) is 10.0. The molecule has 35 heavy (non-hydrogen) atoms. The molecule has 180 valence electrons. The van der Waals surface area contributed by atoms with E-state index >= 15 is 0 Å². The third-order valence-corrected chi connectivity index (χ3v) is 4.89. The molecule has 0 unspecified atom stereocenters. The van der Waals surface area contributed by atoms with Gasteiger partial charge in [-0.25, -0.2) is 0 Å². The number of nitrogens with zero attached hydrogens (tertiary/aromatic N) is 1. The predicted octanol–water partition coefficient (Wildman–Crippen LogP) is 6.10. The van der Waals surface area contributed by atoms with Crippen LogP contribution in [0.2, 0.25) is 0 Å². The zero-order valence-corrected chi connectivity index (χ0v) is 18.0. The van der Waals surface area contributed by atoms with Gasteiger partial charge in [0.05, 0.1) is 17.4 Å². The number of methoxy groups -OCH3 is 1. The van der Waals surface area contributed by atoms with Crippen LogP contribution >= 0.6 is 0 Å². The molecular formula is C24H16F3NO7. The van der Waals surface area contributed by atoms with Crippen LogP contribution in [-0.2, 0) is 12.8 Å². The first kappa shape index (κ1) is 23.6. The van der Waals surface area contributed by atoms with Crippen molar-refractivity contribution in [2.75, 3.05) is 7.11 Å². The smallest absolute Gasteiger partial charge is 0.453 e. The summed E-state index contributed by atoms with van der Waals surface area (Å²) in [6, 6.07) is 15.2. The molecule has 0 saturated heterocycles. The fourth-order valence-corrected chi connectivity index (χ4v) is 3.19. The Labute approximate surface area is 195 Å². The van der Waals surface area contributed by atoms with Crippen LogP contribution in [-0.4, -0.2) is 12.0 Å². The van der Waals surface area contributed by atoms with Crippen molar-refractivity contribution in [1.82, 2.24) is 0 Å². The van der Waals surface area contributed by atoms with Crippen LogP contribution in [0.1, 0.15) is 11.3 Å². The van der Waals surface area contributed by atoms with Crippen LogP contribution in [0.3, 0.4) is 0 Å². The summed E-state index contributed by atoms with van der Waals surface area (Å²) >= 11 is 0. The van der Waals surface area contributed by atoms with Crippen molar-refractivity contribution in [2.45, 2.75) is 12.8 Å². The van der Waals surface area contributed by atoms with E-state index in [0.29, 0.717) is 11.3 Å². The van der Waals surface area contributed by atoms with Crippen LogP contribution in [0.5, 0.6) is 23.0 Å². The van der Waals surface area contributed by atoms with E-state index in [1.165, 1.54) is 61.7 Å². The Morgan fingerprint density at radius 1 is 0.971 bits per heavy atom. The number of non-ortho nitro benzene ring substituents is 1. The number of fused-ring (bicyclic) bond motifs is 1. The van der Waals surface area contributed by atoms with Gasteiger partial charge in [-0.15, -0.1) is 0 Å². The van der Waals surface area contributed by atoms with E-state index in [1.54, 1.807) is 6.07 Å². The maximum Gasteiger partial charge on any atom is 0.453 e. The number of alkyl halides is 3. The van der Waals surface area contributed by atoms with E-state index in [4.69, 9.17) is 18.6 Å². The van der Waals surface area contributed by atoms with Crippen molar-refractivity contribution in [3.63, 3.8) is 0 Å². The van der Waals surface area contributed by atoms with Crippen LogP contribution in [0.4, 0.5) is 18.9 Å². The maximum atomic E-state index is 13.7. The molecule has 3 aromatic carbocycles. The zero-order valence-electron chi connectivity index (χ0n) is 18.0. The molecule has 11 heteroatoms. The second kappa shape index (κ2) is 9.37. The average Bonchev–Trinajstić information content (AvgIpc) is 2.84. The van der Waals surface area contributed by atoms with Gasteiger partial charge in [-0.05, 0) is 42.0 Å². The Bertz CT molecular complexity index is 1450. The molecule has 0 spiro atoms. The van der Waals surface area contributed by atoms with E-state index in [0.717, 1.165) is 6.07 Å². The molecule has 0 aliphatic rings. The van der Waals surface area contributed by atoms with Gasteiger partial charge in [0.15, 0.2) is 0 Å². The lowest BCUT2D eigenvalue weighted by atomic mass is 10.2. The number of ether oxygens (including phenoxy) is 3. The summed E-state index contributed by atoms with van der Waals surface area (Å²) in [7, 11) is 1.38. The Hall–Kier alpha value is -4.54. The van der Waals surface area contributed by atoms with Crippen molar-refractivity contribution >= 4 is 16.7 Å². The first-order chi connectivity index (χ1) is 16.7. The van der Waals surface area contributed by atoms with Crippen LogP contribution < -0.4 is 19.6 Å².